The van der Waals surface area contributed by atoms with Gasteiger partial charge in [-0.2, -0.15) is 0 Å². The number of benzene rings is 2. The van der Waals surface area contributed by atoms with E-state index in [1.807, 2.05) is 69.3 Å². The molecule has 0 aliphatic carbocycles. The number of fused-ring (bicyclic) bond motifs is 1. The van der Waals surface area contributed by atoms with Crippen molar-refractivity contribution in [3.63, 3.8) is 0 Å². The molecular formula is C23H23N5O. The molecule has 6 nitrogen and oxygen atoms in total. The van der Waals surface area contributed by atoms with Gasteiger partial charge in [0.2, 0.25) is 0 Å². The van der Waals surface area contributed by atoms with Crippen LogP contribution >= 0.6 is 0 Å². The summed E-state index contributed by atoms with van der Waals surface area (Å²) in [4.78, 5) is 22.1. The molecule has 2 aromatic carbocycles. The summed E-state index contributed by atoms with van der Waals surface area (Å²) in [6, 6.07) is 17.4. The summed E-state index contributed by atoms with van der Waals surface area (Å²) in [5.41, 5.74) is 9.08. The van der Waals surface area contributed by atoms with E-state index in [0.29, 0.717) is 17.3 Å². The van der Waals surface area contributed by atoms with E-state index in [2.05, 4.69) is 21.4 Å². The molecule has 0 radical (unpaired) electrons. The molecule has 1 atom stereocenters. The third-order valence-electron chi connectivity index (χ3n) is 5.03. The Bertz CT molecular complexity index is 1250. The van der Waals surface area contributed by atoms with Gasteiger partial charge in [-0.25, -0.2) is 9.97 Å². The van der Waals surface area contributed by atoms with Crippen LogP contribution in [0.1, 0.15) is 30.0 Å². The van der Waals surface area contributed by atoms with Gasteiger partial charge in [0.1, 0.15) is 5.82 Å². The standard InChI is InChI=1S/C23H23N5O/c1-14-8-7-9-17-12-20(15(2)26-22-19(24)13-25-16(3)27-22)28(23(29)21(14)17)18-10-5-4-6-11-18/h4-13,15H,24H2,1-3H3,(H,25,26,27). The summed E-state index contributed by atoms with van der Waals surface area (Å²) < 4.78 is 1.76. The molecule has 4 rings (SSSR count). The summed E-state index contributed by atoms with van der Waals surface area (Å²) in [5.74, 6) is 1.19. The van der Waals surface area contributed by atoms with Gasteiger partial charge in [0.05, 0.1) is 23.3 Å². The van der Waals surface area contributed by atoms with Crippen LogP contribution < -0.4 is 16.6 Å². The molecule has 1 unspecified atom stereocenters. The molecule has 0 aliphatic heterocycles. The number of aromatic nitrogens is 3. The maximum atomic E-state index is 13.5. The van der Waals surface area contributed by atoms with Gasteiger partial charge in [-0.05, 0) is 49.9 Å². The van der Waals surface area contributed by atoms with Gasteiger partial charge in [0, 0.05) is 11.4 Å². The molecule has 3 N–H and O–H groups in total. The Balaban J connectivity index is 1.93. The number of rotatable bonds is 4. The monoisotopic (exact) mass is 385 g/mol. The van der Waals surface area contributed by atoms with Gasteiger partial charge in [-0.1, -0.05) is 36.4 Å². The predicted molar refractivity (Wildman–Crippen MR) is 118 cm³/mol. The predicted octanol–water partition coefficient (Wildman–Crippen LogP) is 4.15. The first-order chi connectivity index (χ1) is 14.0. The molecule has 4 aromatic rings. The van der Waals surface area contributed by atoms with E-state index in [1.165, 1.54) is 0 Å². The van der Waals surface area contributed by atoms with E-state index >= 15 is 0 Å². The Hall–Kier alpha value is -3.67. The van der Waals surface area contributed by atoms with E-state index < -0.39 is 0 Å². The van der Waals surface area contributed by atoms with E-state index in [9.17, 15) is 4.79 Å². The number of para-hydroxylation sites is 1. The lowest BCUT2D eigenvalue weighted by molar-refractivity contribution is 0.772. The number of anilines is 2. The van der Waals surface area contributed by atoms with Crippen molar-refractivity contribution in [2.45, 2.75) is 26.8 Å². The number of hydrogen-bond acceptors (Lipinski definition) is 5. The van der Waals surface area contributed by atoms with Crippen molar-refractivity contribution in [2.24, 2.45) is 0 Å². The molecule has 0 aliphatic rings. The molecule has 6 heteroatoms. The van der Waals surface area contributed by atoms with Crippen molar-refractivity contribution in [3.8, 4) is 5.69 Å². The molecule has 29 heavy (non-hydrogen) atoms. The van der Waals surface area contributed by atoms with Crippen molar-refractivity contribution < 1.29 is 0 Å². The summed E-state index contributed by atoms with van der Waals surface area (Å²) >= 11 is 0. The normalized spacial score (nSPS) is 12.1. The van der Waals surface area contributed by atoms with Gasteiger partial charge >= 0.3 is 0 Å². The minimum atomic E-state index is -0.218. The van der Waals surface area contributed by atoms with Crippen molar-refractivity contribution in [2.75, 3.05) is 11.1 Å². The Morgan fingerprint density at radius 1 is 1.07 bits per heavy atom. The summed E-state index contributed by atoms with van der Waals surface area (Å²) in [7, 11) is 0. The van der Waals surface area contributed by atoms with E-state index in [1.54, 1.807) is 10.8 Å². The Kier molecular flexibility index (Phi) is 4.76. The van der Waals surface area contributed by atoms with Crippen LogP contribution in [-0.2, 0) is 0 Å². The summed E-state index contributed by atoms with van der Waals surface area (Å²) in [5, 5.41) is 4.99. The number of nitrogens with one attached hydrogen (secondary N) is 1. The third-order valence-corrected chi connectivity index (χ3v) is 5.03. The van der Waals surface area contributed by atoms with Crippen molar-refractivity contribution in [1.29, 1.82) is 0 Å². The molecule has 0 saturated heterocycles. The topological polar surface area (TPSA) is 85.8 Å². The zero-order valence-electron chi connectivity index (χ0n) is 16.7. The van der Waals surface area contributed by atoms with Crippen molar-refractivity contribution in [1.82, 2.24) is 14.5 Å². The first kappa shape index (κ1) is 18.7. The smallest absolute Gasteiger partial charge is 0.263 e. The van der Waals surface area contributed by atoms with E-state index in [-0.39, 0.29) is 11.6 Å². The molecule has 146 valence electrons. The maximum Gasteiger partial charge on any atom is 0.263 e. The first-order valence-electron chi connectivity index (χ1n) is 9.52. The fraction of sp³-hybridized carbons (Fsp3) is 0.174. The number of pyridine rings is 1. The van der Waals surface area contributed by atoms with Gasteiger partial charge in [0.25, 0.3) is 5.56 Å². The first-order valence-corrected chi connectivity index (χ1v) is 9.52. The lowest BCUT2D eigenvalue weighted by Gasteiger charge is -2.22. The highest BCUT2D eigenvalue weighted by Crippen LogP contribution is 2.26. The lowest BCUT2D eigenvalue weighted by atomic mass is 10.0. The van der Waals surface area contributed by atoms with Crippen molar-refractivity contribution >= 4 is 22.3 Å². The minimum absolute atomic E-state index is 0.0395. The largest absolute Gasteiger partial charge is 0.394 e. The van der Waals surface area contributed by atoms with Crippen LogP contribution in [0.15, 0.2) is 65.6 Å². The fourth-order valence-electron chi connectivity index (χ4n) is 3.59. The number of nitrogens with two attached hydrogens (primary N) is 1. The molecule has 0 fully saturated rings. The number of nitrogens with zero attached hydrogens (tertiary/aromatic N) is 3. The van der Waals surface area contributed by atoms with Gasteiger partial charge in [0.15, 0.2) is 5.82 Å². The van der Waals surface area contributed by atoms with Crippen LogP contribution in [0.3, 0.4) is 0 Å². The van der Waals surface area contributed by atoms with Crippen LogP contribution in [0.4, 0.5) is 11.5 Å². The highest BCUT2D eigenvalue weighted by Gasteiger charge is 2.18. The molecular weight excluding hydrogens is 362 g/mol. The Labute approximate surface area is 169 Å². The SMILES string of the molecule is Cc1ncc(N)c(NC(C)c2cc3cccc(C)c3c(=O)n2-c2ccccc2)n1. The average molecular weight is 385 g/mol. The zero-order chi connectivity index (χ0) is 20.5. The second-order valence-corrected chi connectivity index (χ2v) is 7.17. The quantitative estimate of drug-likeness (QED) is 0.551. The van der Waals surface area contributed by atoms with Gasteiger partial charge in [-0.3, -0.25) is 9.36 Å². The van der Waals surface area contributed by atoms with Crippen LogP contribution in [-0.4, -0.2) is 14.5 Å². The highest BCUT2D eigenvalue weighted by atomic mass is 16.1. The highest BCUT2D eigenvalue weighted by molar-refractivity contribution is 5.85. The van der Waals surface area contributed by atoms with E-state index in [4.69, 9.17) is 5.73 Å². The van der Waals surface area contributed by atoms with Crippen LogP contribution in [0.5, 0.6) is 0 Å². The van der Waals surface area contributed by atoms with Crippen LogP contribution in [0, 0.1) is 13.8 Å². The molecule has 0 amide bonds. The molecule has 2 aromatic heterocycles. The summed E-state index contributed by atoms with van der Waals surface area (Å²) in [6.45, 7) is 5.77. The van der Waals surface area contributed by atoms with Gasteiger partial charge < -0.3 is 11.1 Å². The van der Waals surface area contributed by atoms with E-state index in [0.717, 1.165) is 27.7 Å². The number of aryl methyl sites for hydroxylation is 2. The maximum absolute atomic E-state index is 13.5. The average Bonchev–Trinajstić information content (AvgIpc) is 2.71. The number of nitrogen functional groups attached to an aromatic ring is 1. The molecule has 0 saturated carbocycles. The minimum Gasteiger partial charge on any atom is -0.394 e. The summed E-state index contributed by atoms with van der Waals surface area (Å²) in [6.07, 6.45) is 1.59. The molecule has 0 bridgehead atoms. The van der Waals surface area contributed by atoms with Crippen LogP contribution in [0.25, 0.3) is 16.5 Å². The number of hydrogen-bond donors (Lipinski definition) is 2. The Morgan fingerprint density at radius 2 is 1.83 bits per heavy atom. The zero-order valence-corrected chi connectivity index (χ0v) is 16.7. The van der Waals surface area contributed by atoms with Crippen molar-refractivity contribution in [3.05, 3.63) is 88.2 Å². The fourth-order valence-corrected chi connectivity index (χ4v) is 3.59. The second kappa shape index (κ2) is 7.39. The van der Waals surface area contributed by atoms with Gasteiger partial charge in [-0.15, -0.1) is 0 Å². The molecule has 2 heterocycles. The second-order valence-electron chi connectivity index (χ2n) is 7.17. The van der Waals surface area contributed by atoms with Crippen LogP contribution in [0.2, 0.25) is 0 Å². The molecule has 0 spiro atoms. The Morgan fingerprint density at radius 3 is 2.59 bits per heavy atom. The third kappa shape index (κ3) is 3.45. The lowest BCUT2D eigenvalue weighted by Crippen LogP contribution is -2.26.